The van der Waals surface area contributed by atoms with Crippen molar-refractivity contribution in [1.82, 2.24) is 24.7 Å². The number of hydrogen-bond acceptors (Lipinski definition) is 7. The smallest absolute Gasteiger partial charge is 0.260 e. The van der Waals surface area contributed by atoms with Gasteiger partial charge in [-0.1, -0.05) is 6.07 Å². The molecule has 0 aliphatic carbocycles. The molecule has 2 aliphatic rings. The molecule has 1 saturated heterocycles. The zero-order valence-corrected chi connectivity index (χ0v) is 19.6. The highest BCUT2D eigenvalue weighted by Gasteiger charge is 2.35. The van der Waals surface area contributed by atoms with Gasteiger partial charge in [0.05, 0.1) is 17.8 Å². The maximum Gasteiger partial charge on any atom is 0.260 e. The largest absolute Gasteiger partial charge is 0.354 e. The van der Waals surface area contributed by atoms with Gasteiger partial charge in [-0.15, -0.1) is 10.2 Å². The number of anilines is 2. The van der Waals surface area contributed by atoms with E-state index in [0.717, 1.165) is 48.8 Å². The van der Waals surface area contributed by atoms with E-state index in [1.165, 1.54) is 0 Å². The summed E-state index contributed by atoms with van der Waals surface area (Å²) in [5, 5.41) is 8.49. The van der Waals surface area contributed by atoms with Gasteiger partial charge in [0.15, 0.2) is 5.82 Å². The van der Waals surface area contributed by atoms with Gasteiger partial charge in [-0.3, -0.25) is 9.69 Å². The van der Waals surface area contributed by atoms with Crippen molar-refractivity contribution in [1.29, 1.82) is 0 Å². The van der Waals surface area contributed by atoms with Gasteiger partial charge in [-0.2, -0.15) is 0 Å². The number of nitrogens with zero attached hydrogens (tertiary/aromatic N) is 7. The number of amides is 1. The molecule has 3 aromatic heterocycles. The Morgan fingerprint density at radius 1 is 1.21 bits per heavy atom. The van der Waals surface area contributed by atoms with E-state index in [0.29, 0.717) is 35.5 Å². The number of carbonyl (C=O) groups is 1. The fraction of sp³-hybridized carbons (Fsp3) is 0.458. The average Bonchev–Trinajstić information content (AvgIpc) is 3.50. The Labute approximate surface area is 193 Å². The van der Waals surface area contributed by atoms with Gasteiger partial charge in [0, 0.05) is 30.7 Å². The van der Waals surface area contributed by atoms with Crippen molar-refractivity contribution in [3.05, 3.63) is 46.9 Å². The topological polar surface area (TPSA) is 106 Å². The minimum atomic E-state index is -0.269. The number of carbonyl (C=O) groups excluding carboxylic acids is 1. The Hall–Kier alpha value is -3.33. The van der Waals surface area contributed by atoms with Gasteiger partial charge in [-0.05, 0) is 58.7 Å². The van der Waals surface area contributed by atoms with E-state index in [4.69, 9.17) is 15.7 Å². The van der Waals surface area contributed by atoms with E-state index >= 15 is 0 Å². The van der Waals surface area contributed by atoms with Crippen molar-refractivity contribution < 1.29 is 4.79 Å². The molecular weight excluding hydrogens is 416 g/mol. The van der Waals surface area contributed by atoms with E-state index in [1.54, 1.807) is 4.90 Å². The van der Waals surface area contributed by atoms with Crippen LogP contribution in [0.3, 0.4) is 0 Å². The van der Waals surface area contributed by atoms with Crippen LogP contribution in [0.1, 0.15) is 67.1 Å². The molecule has 1 fully saturated rings. The summed E-state index contributed by atoms with van der Waals surface area (Å²) in [7, 11) is 0. The molecule has 0 radical (unpaired) electrons. The Morgan fingerprint density at radius 3 is 2.73 bits per heavy atom. The standard InChI is InChI=1S/C24H30N8O/c1-5-30-16(4)28-29-23(30)19-9-6-10-20(26-19)32-13-18-17(24(32)33)12-21(27-22(18)15(3)25)31-11-7-8-14(31)2/h6,9-10,12,14-15H,5,7-8,11,13,25H2,1-4H3/t14-,15?/m1/s1. The lowest BCUT2D eigenvalue weighted by Gasteiger charge is -2.24. The van der Waals surface area contributed by atoms with Crippen LogP contribution in [0.5, 0.6) is 0 Å². The van der Waals surface area contributed by atoms with Gasteiger partial charge in [-0.25, -0.2) is 9.97 Å². The third-order valence-corrected chi connectivity index (χ3v) is 6.71. The molecule has 1 amide bonds. The minimum absolute atomic E-state index is 0.0693. The van der Waals surface area contributed by atoms with Gasteiger partial charge in [0.2, 0.25) is 0 Å². The van der Waals surface area contributed by atoms with E-state index in [1.807, 2.05) is 49.6 Å². The monoisotopic (exact) mass is 446 g/mol. The molecule has 3 aromatic rings. The van der Waals surface area contributed by atoms with Crippen LogP contribution in [0.15, 0.2) is 24.3 Å². The van der Waals surface area contributed by atoms with Crippen LogP contribution >= 0.6 is 0 Å². The molecule has 2 aliphatic heterocycles. The maximum absolute atomic E-state index is 13.6. The SMILES string of the molecule is CCn1c(C)nnc1-c1cccc(N2Cc3c(cc(N4CCC[C@H]4C)nc3C(C)N)C2=O)n1. The average molecular weight is 447 g/mol. The summed E-state index contributed by atoms with van der Waals surface area (Å²) in [6.45, 7) is 10.2. The summed E-state index contributed by atoms with van der Waals surface area (Å²) in [5.41, 5.74) is 9.35. The van der Waals surface area contributed by atoms with Crippen LogP contribution < -0.4 is 15.5 Å². The molecule has 0 saturated carbocycles. The van der Waals surface area contributed by atoms with Crippen LogP contribution in [0.2, 0.25) is 0 Å². The molecule has 9 nitrogen and oxygen atoms in total. The molecule has 0 spiro atoms. The van der Waals surface area contributed by atoms with Crippen molar-refractivity contribution in [2.24, 2.45) is 5.73 Å². The number of aryl methyl sites for hydroxylation is 1. The predicted molar refractivity (Wildman–Crippen MR) is 127 cm³/mol. The second-order valence-corrected chi connectivity index (χ2v) is 8.95. The van der Waals surface area contributed by atoms with Gasteiger partial charge in [0.25, 0.3) is 5.91 Å². The van der Waals surface area contributed by atoms with Crippen LogP contribution in [-0.2, 0) is 13.1 Å². The normalized spacial score (nSPS) is 18.8. The predicted octanol–water partition coefficient (Wildman–Crippen LogP) is 3.23. The fourth-order valence-corrected chi connectivity index (χ4v) is 4.94. The highest BCUT2D eigenvalue weighted by Crippen LogP contribution is 2.35. The van der Waals surface area contributed by atoms with Crippen molar-refractivity contribution in [3.8, 4) is 11.5 Å². The Balaban J connectivity index is 1.53. The molecule has 5 rings (SSSR count). The van der Waals surface area contributed by atoms with Crippen molar-refractivity contribution >= 4 is 17.5 Å². The van der Waals surface area contributed by atoms with Crippen LogP contribution in [0, 0.1) is 6.92 Å². The Kier molecular flexibility index (Phi) is 5.36. The zero-order chi connectivity index (χ0) is 23.3. The molecule has 5 heterocycles. The first-order chi connectivity index (χ1) is 15.9. The molecule has 2 N–H and O–H groups in total. The lowest BCUT2D eigenvalue weighted by atomic mass is 10.0. The minimum Gasteiger partial charge on any atom is -0.354 e. The second-order valence-electron chi connectivity index (χ2n) is 8.95. The van der Waals surface area contributed by atoms with Crippen molar-refractivity contribution in [3.63, 3.8) is 0 Å². The van der Waals surface area contributed by atoms with Crippen LogP contribution in [0.4, 0.5) is 11.6 Å². The number of pyridine rings is 2. The summed E-state index contributed by atoms with van der Waals surface area (Å²) >= 11 is 0. The molecule has 33 heavy (non-hydrogen) atoms. The summed E-state index contributed by atoms with van der Waals surface area (Å²) < 4.78 is 2.01. The summed E-state index contributed by atoms with van der Waals surface area (Å²) in [6.07, 6.45) is 2.26. The fourth-order valence-electron chi connectivity index (χ4n) is 4.94. The highest BCUT2D eigenvalue weighted by atomic mass is 16.2. The Morgan fingerprint density at radius 2 is 2.03 bits per heavy atom. The molecule has 172 valence electrons. The first-order valence-corrected chi connectivity index (χ1v) is 11.6. The Bertz CT molecular complexity index is 1220. The van der Waals surface area contributed by atoms with Crippen LogP contribution in [-0.4, -0.2) is 43.2 Å². The van der Waals surface area contributed by atoms with Gasteiger partial charge >= 0.3 is 0 Å². The highest BCUT2D eigenvalue weighted by molar-refractivity contribution is 6.10. The van der Waals surface area contributed by atoms with Gasteiger partial charge in [0.1, 0.15) is 23.2 Å². The molecular formula is C24H30N8O. The van der Waals surface area contributed by atoms with E-state index in [9.17, 15) is 4.79 Å². The number of aromatic nitrogens is 5. The van der Waals surface area contributed by atoms with Gasteiger partial charge < -0.3 is 15.2 Å². The van der Waals surface area contributed by atoms with E-state index in [2.05, 4.69) is 22.0 Å². The molecule has 0 aromatic carbocycles. The first-order valence-electron chi connectivity index (χ1n) is 11.6. The quantitative estimate of drug-likeness (QED) is 0.641. The summed E-state index contributed by atoms with van der Waals surface area (Å²) in [6, 6.07) is 7.73. The molecule has 0 bridgehead atoms. The molecule has 2 atom stereocenters. The van der Waals surface area contributed by atoms with Crippen molar-refractivity contribution in [2.45, 2.75) is 65.7 Å². The first kappa shape index (κ1) is 21.5. The summed E-state index contributed by atoms with van der Waals surface area (Å²) in [4.78, 5) is 27.2. The molecule has 9 heteroatoms. The lowest BCUT2D eigenvalue weighted by Crippen LogP contribution is -2.28. The number of hydrogen-bond donors (Lipinski definition) is 1. The number of rotatable bonds is 5. The molecule has 1 unspecified atom stereocenters. The lowest BCUT2D eigenvalue weighted by molar-refractivity contribution is 0.0996. The van der Waals surface area contributed by atoms with Crippen molar-refractivity contribution in [2.75, 3.05) is 16.3 Å². The number of fused-ring (bicyclic) bond motifs is 1. The van der Waals surface area contributed by atoms with Crippen LogP contribution in [0.25, 0.3) is 11.5 Å². The van der Waals surface area contributed by atoms with E-state index in [-0.39, 0.29) is 11.9 Å². The number of nitrogens with two attached hydrogens (primary N) is 1. The third-order valence-electron chi connectivity index (χ3n) is 6.71. The van der Waals surface area contributed by atoms with E-state index < -0.39 is 0 Å². The zero-order valence-electron chi connectivity index (χ0n) is 19.6. The maximum atomic E-state index is 13.6. The summed E-state index contributed by atoms with van der Waals surface area (Å²) in [5.74, 6) is 2.89. The third kappa shape index (κ3) is 3.56. The second kappa shape index (κ2) is 8.22.